The van der Waals surface area contributed by atoms with Gasteiger partial charge in [-0.2, -0.15) is 0 Å². The van der Waals surface area contributed by atoms with E-state index < -0.39 is 5.60 Å². The zero-order valence-electron chi connectivity index (χ0n) is 10.2. The SMILES string of the molecule is CCC(O)(CC)CNCc1ccc(OC)s1. The zero-order chi connectivity index (χ0) is 12.0. The first-order valence-electron chi connectivity index (χ1n) is 5.69. The Bertz CT molecular complexity index is 308. The van der Waals surface area contributed by atoms with Crippen LogP contribution in [0.15, 0.2) is 12.1 Å². The Balaban J connectivity index is 2.35. The Kier molecular flexibility index (Phi) is 5.25. The van der Waals surface area contributed by atoms with E-state index in [1.165, 1.54) is 4.88 Å². The fourth-order valence-corrected chi connectivity index (χ4v) is 2.27. The van der Waals surface area contributed by atoms with Gasteiger partial charge in [-0.15, -0.1) is 11.3 Å². The average molecular weight is 243 g/mol. The van der Waals surface area contributed by atoms with Crippen LogP contribution in [0.25, 0.3) is 0 Å². The highest BCUT2D eigenvalue weighted by atomic mass is 32.1. The molecule has 0 aliphatic heterocycles. The van der Waals surface area contributed by atoms with Crippen LogP contribution in [-0.4, -0.2) is 24.4 Å². The zero-order valence-corrected chi connectivity index (χ0v) is 11.1. The predicted molar refractivity (Wildman–Crippen MR) is 68.1 cm³/mol. The third-order valence-electron chi connectivity index (χ3n) is 2.91. The van der Waals surface area contributed by atoms with Crippen molar-refractivity contribution < 1.29 is 9.84 Å². The van der Waals surface area contributed by atoms with Crippen LogP contribution in [0, 0.1) is 0 Å². The molecule has 0 fully saturated rings. The lowest BCUT2D eigenvalue weighted by atomic mass is 9.98. The van der Waals surface area contributed by atoms with Crippen molar-refractivity contribution in [2.45, 2.75) is 38.8 Å². The molecule has 0 radical (unpaired) electrons. The van der Waals surface area contributed by atoms with Crippen molar-refractivity contribution in [1.29, 1.82) is 0 Å². The first kappa shape index (κ1) is 13.5. The fraction of sp³-hybridized carbons (Fsp3) is 0.667. The molecule has 0 atom stereocenters. The van der Waals surface area contributed by atoms with Crippen molar-refractivity contribution in [2.75, 3.05) is 13.7 Å². The van der Waals surface area contributed by atoms with Gasteiger partial charge in [0.15, 0.2) is 5.06 Å². The fourth-order valence-electron chi connectivity index (χ4n) is 1.48. The molecule has 0 aliphatic carbocycles. The molecule has 4 heteroatoms. The number of hydrogen-bond acceptors (Lipinski definition) is 4. The molecule has 0 aromatic carbocycles. The quantitative estimate of drug-likeness (QED) is 0.772. The van der Waals surface area contributed by atoms with Gasteiger partial charge >= 0.3 is 0 Å². The topological polar surface area (TPSA) is 41.5 Å². The highest BCUT2D eigenvalue weighted by Crippen LogP contribution is 2.23. The summed E-state index contributed by atoms with van der Waals surface area (Å²) in [5.41, 5.74) is -0.568. The Morgan fingerprint density at radius 2 is 2.06 bits per heavy atom. The molecule has 92 valence electrons. The molecule has 1 heterocycles. The summed E-state index contributed by atoms with van der Waals surface area (Å²) in [5, 5.41) is 14.3. The van der Waals surface area contributed by atoms with Crippen molar-refractivity contribution >= 4 is 11.3 Å². The second kappa shape index (κ2) is 6.23. The highest BCUT2D eigenvalue weighted by molar-refractivity contribution is 7.13. The molecule has 0 aliphatic rings. The Morgan fingerprint density at radius 3 is 2.56 bits per heavy atom. The third kappa shape index (κ3) is 3.77. The van der Waals surface area contributed by atoms with Crippen LogP contribution >= 0.6 is 11.3 Å². The summed E-state index contributed by atoms with van der Waals surface area (Å²) < 4.78 is 5.13. The summed E-state index contributed by atoms with van der Waals surface area (Å²) in [6, 6.07) is 4.01. The van der Waals surface area contributed by atoms with Gasteiger partial charge < -0.3 is 15.2 Å². The number of hydrogen-bond donors (Lipinski definition) is 2. The molecule has 0 amide bonds. The largest absolute Gasteiger partial charge is 0.487 e. The van der Waals surface area contributed by atoms with E-state index >= 15 is 0 Å². The van der Waals surface area contributed by atoms with Crippen LogP contribution in [0.2, 0.25) is 0 Å². The van der Waals surface area contributed by atoms with Crippen LogP contribution in [-0.2, 0) is 6.54 Å². The van der Waals surface area contributed by atoms with E-state index in [4.69, 9.17) is 4.74 Å². The number of thiophene rings is 1. The van der Waals surface area contributed by atoms with Gasteiger partial charge in [0, 0.05) is 18.0 Å². The monoisotopic (exact) mass is 243 g/mol. The Hall–Kier alpha value is -0.580. The van der Waals surface area contributed by atoms with Gasteiger partial charge in [0.05, 0.1) is 12.7 Å². The molecule has 1 aromatic heterocycles. The van der Waals surface area contributed by atoms with Crippen molar-refractivity contribution in [3.63, 3.8) is 0 Å². The molecule has 1 rings (SSSR count). The minimum absolute atomic E-state index is 0.568. The van der Waals surface area contributed by atoms with E-state index in [0.717, 1.165) is 24.4 Å². The van der Waals surface area contributed by atoms with Gasteiger partial charge in [0.25, 0.3) is 0 Å². The summed E-state index contributed by atoms with van der Waals surface area (Å²) >= 11 is 1.63. The van der Waals surface area contributed by atoms with E-state index in [1.54, 1.807) is 18.4 Å². The van der Waals surface area contributed by atoms with Crippen LogP contribution in [0.5, 0.6) is 5.06 Å². The van der Waals surface area contributed by atoms with Crippen LogP contribution in [0.3, 0.4) is 0 Å². The Labute approximate surface area is 101 Å². The van der Waals surface area contributed by atoms with Crippen molar-refractivity contribution in [3.8, 4) is 5.06 Å². The number of aliphatic hydroxyl groups is 1. The maximum Gasteiger partial charge on any atom is 0.173 e. The predicted octanol–water partition coefficient (Wildman–Crippen LogP) is 2.40. The van der Waals surface area contributed by atoms with E-state index in [0.29, 0.717) is 6.54 Å². The van der Waals surface area contributed by atoms with Crippen molar-refractivity contribution in [1.82, 2.24) is 5.32 Å². The lowest BCUT2D eigenvalue weighted by Gasteiger charge is -2.25. The molecule has 16 heavy (non-hydrogen) atoms. The molecule has 1 aromatic rings. The van der Waals surface area contributed by atoms with Gasteiger partial charge in [-0.25, -0.2) is 0 Å². The minimum atomic E-state index is -0.568. The number of ether oxygens (including phenoxy) is 1. The lowest BCUT2D eigenvalue weighted by molar-refractivity contribution is 0.0323. The molecule has 0 bridgehead atoms. The average Bonchev–Trinajstić information content (AvgIpc) is 2.77. The van der Waals surface area contributed by atoms with E-state index in [-0.39, 0.29) is 0 Å². The summed E-state index contributed by atoms with van der Waals surface area (Å²) in [4.78, 5) is 1.23. The lowest BCUT2D eigenvalue weighted by Crippen LogP contribution is -2.39. The van der Waals surface area contributed by atoms with Crippen LogP contribution < -0.4 is 10.1 Å². The van der Waals surface area contributed by atoms with Gasteiger partial charge in [-0.3, -0.25) is 0 Å². The molecular formula is C12H21NO2S. The molecule has 0 saturated heterocycles. The van der Waals surface area contributed by atoms with Crippen LogP contribution in [0.1, 0.15) is 31.6 Å². The summed E-state index contributed by atoms with van der Waals surface area (Å²) in [7, 11) is 1.68. The van der Waals surface area contributed by atoms with E-state index in [2.05, 4.69) is 5.32 Å². The van der Waals surface area contributed by atoms with Crippen molar-refractivity contribution in [3.05, 3.63) is 17.0 Å². The van der Waals surface area contributed by atoms with Gasteiger partial charge in [-0.05, 0) is 25.0 Å². The Morgan fingerprint density at radius 1 is 1.38 bits per heavy atom. The van der Waals surface area contributed by atoms with Crippen molar-refractivity contribution in [2.24, 2.45) is 0 Å². The normalized spacial score (nSPS) is 11.8. The maximum atomic E-state index is 10.1. The van der Waals surface area contributed by atoms with Gasteiger partial charge in [0.2, 0.25) is 0 Å². The molecule has 2 N–H and O–H groups in total. The first-order valence-corrected chi connectivity index (χ1v) is 6.51. The molecule has 0 unspecified atom stereocenters. The number of nitrogens with one attached hydrogen (secondary N) is 1. The second-order valence-electron chi connectivity index (χ2n) is 3.96. The van der Waals surface area contributed by atoms with Gasteiger partial charge in [0.1, 0.15) is 0 Å². The minimum Gasteiger partial charge on any atom is -0.487 e. The first-order chi connectivity index (χ1) is 7.63. The van der Waals surface area contributed by atoms with Crippen LogP contribution in [0.4, 0.5) is 0 Å². The molecular weight excluding hydrogens is 222 g/mol. The number of methoxy groups -OCH3 is 1. The summed E-state index contributed by atoms with van der Waals surface area (Å²) in [5.74, 6) is 0. The summed E-state index contributed by atoms with van der Waals surface area (Å²) in [6.07, 6.45) is 1.56. The molecule has 0 spiro atoms. The summed E-state index contributed by atoms with van der Waals surface area (Å²) in [6.45, 7) is 5.45. The third-order valence-corrected chi connectivity index (χ3v) is 3.95. The second-order valence-corrected chi connectivity index (χ2v) is 5.09. The van der Waals surface area contributed by atoms with Gasteiger partial charge in [-0.1, -0.05) is 13.8 Å². The molecule has 0 saturated carbocycles. The number of rotatable bonds is 7. The highest BCUT2D eigenvalue weighted by Gasteiger charge is 2.21. The maximum absolute atomic E-state index is 10.1. The smallest absolute Gasteiger partial charge is 0.173 e. The van der Waals surface area contributed by atoms with E-state index in [1.807, 2.05) is 26.0 Å². The standard InChI is InChI=1S/C12H21NO2S/c1-4-12(14,5-2)9-13-8-10-6-7-11(15-3)16-10/h6-7,13-14H,4-5,8-9H2,1-3H3. The molecule has 3 nitrogen and oxygen atoms in total. The van der Waals surface area contributed by atoms with E-state index in [9.17, 15) is 5.11 Å².